The van der Waals surface area contributed by atoms with Crippen LogP contribution in [0.3, 0.4) is 0 Å². The molecule has 0 fully saturated rings. The first-order valence-corrected chi connectivity index (χ1v) is 7.43. The van der Waals surface area contributed by atoms with Crippen molar-refractivity contribution in [3.8, 4) is 11.4 Å². The summed E-state index contributed by atoms with van der Waals surface area (Å²) in [7, 11) is 0. The van der Waals surface area contributed by atoms with Crippen LogP contribution in [0, 0.1) is 6.92 Å². The molecule has 3 aromatic rings. The lowest BCUT2D eigenvalue weighted by Gasteiger charge is -2.02. The molecule has 0 bridgehead atoms. The minimum atomic E-state index is -0.184. The molecule has 1 aromatic heterocycles. The van der Waals surface area contributed by atoms with Gasteiger partial charge in [0.25, 0.3) is 5.91 Å². The molecule has 0 unspecified atom stereocenters. The van der Waals surface area contributed by atoms with E-state index in [1.54, 1.807) is 24.3 Å². The quantitative estimate of drug-likeness (QED) is 0.794. The number of carbonyl (C=O) groups is 1. The second kappa shape index (κ2) is 6.62. The van der Waals surface area contributed by atoms with Gasteiger partial charge in [-0.25, -0.2) is 0 Å². The highest BCUT2D eigenvalue weighted by Crippen LogP contribution is 2.18. The highest BCUT2D eigenvalue weighted by Gasteiger charge is 2.11. The molecule has 0 aliphatic heterocycles. The van der Waals surface area contributed by atoms with Crippen molar-refractivity contribution in [2.24, 2.45) is 0 Å². The number of nitrogens with one attached hydrogen (secondary N) is 1. The molecule has 0 atom stereocenters. The summed E-state index contributed by atoms with van der Waals surface area (Å²) in [4.78, 5) is 16.3. The molecule has 2 aromatic carbocycles. The lowest BCUT2D eigenvalue weighted by atomic mass is 10.1. The van der Waals surface area contributed by atoms with Gasteiger partial charge >= 0.3 is 0 Å². The van der Waals surface area contributed by atoms with Crippen LogP contribution in [-0.4, -0.2) is 16.0 Å². The Morgan fingerprint density at radius 3 is 2.52 bits per heavy atom. The fourth-order valence-corrected chi connectivity index (χ4v) is 2.13. The fourth-order valence-electron chi connectivity index (χ4n) is 2.01. The first-order chi connectivity index (χ1) is 11.1. The predicted molar refractivity (Wildman–Crippen MR) is 87.1 cm³/mol. The molecule has 1 heterocycles. The largest absolute Gasteiger partial charge is 0.343 e. The normalized spacial score (nSPS) is 10.5. The Kier molecular flexibility index (Phi) is 4.39. The van der Waals surface area contributed by atoms with E-state index in [4.69, 9.17) is 16.1 Å². The molecule has 0 radical (unpaired) electrons. The SMILES string of the molecule is Cc1ccc(C(=O)NCc2nc(-c3ccc(Cl)cc3)no2)cc1. The Bertz CT molecular complexity index is 811. The van der Waals surface area contributed by atoms with Gasteiger partial charge in [-0.2, -0.15) is 4.98 Å². The maximum Gasteiger partial charge on any atom is 0.251 e. The molecular formula is C17H14ClN3O2. The summed E-state index contributed by atoms with van der Waals surface area (Å²) in [6, 6.07) is 14.5. The van der Waals surface area contributed by atoms with Crippen LogP contribution in [0.1, 0.15) is 21.8 Å². The zero-order valence-electron chi connectivity index (χ0n) is 12.4. The van der Waals surface area contributed by atoms with Gasteiger partial charge in [-0.15, -0.1) is 0 Å². The number of carbonyl (C=O) groups excluding carboxylic acids is 1. The summed E-state index contributed by atoms with van der Waals surface area (Å²) < 4.78 is 5.15. The van der Waals surface area contributed by atoms with Gasteiger partial charge in [-0.1, -0.05) is 34.5 Å². The van der Waals surface area contributed by atoms with Crippen molar-refractivity contribution in [2.45, 2.75) is 13.5 Å². The van der Waals surface area contributed by atoms with E-state index in [9.17, 15) is 4.79 Å². The number of nitrogens with zero attached hydrogens (tertiary/aromatic N) is 2. The third kappa shape index (κ3) is 3.76. The second-order valence-electron chi connectivity index (χ2n) is 5.07. The van der Waals surface area contributed by atoms with Gasteiger partial charge in [-0.05, 0) is 43.3 Å². The van der Waals surface area contributed by atoms with Crippen molar-refractivity contribution in [3.63, 3.8) is 0 Å². The standard InChI is InChI=1S/C17H14ClN3O2/c1-11-2-4-13(5-3-11)17(22)19-10-15-20-16(21-23-15)12-6-8-14(18)9-7-12/h2-9H,10H2,1H3,(H,19,22). The van der Waals surface area contributed by atoms with E-state index in [2.05, 4.69) is 15.5 Å². The average molecular weight is 328 g/mol. The molecule has 6 heteroatoms. The lowest BCUT2D eigenvalue weighted by Crippen LogP contribution is -2.22. The Balaban J connectivity index is 1.64. The number of hydrogen-bond donors (Lipinski definition) is 1. The maximum absolute atomic E-state index is 12.0. The van der Waals surface area contributed by atoms with Crippen LogP contribution in [0.15, 0.2) is 53.1 Å². The van der Waals surface area contributed by atoms with Crippen LogP contribution in [-0.2, 0) is 6.54 Å². The number of rotatable bonds is 4. The van der Waals surface area contributed by atoms with E-state index in [1.807, 2.05) is 31.2 Å². The number of amides is 1. The zero-order chi connectivity index (χ0) is 16.2. The van der Waals surface area contributed by atoms with Crippen LogP contribution in [0.4, 0.5) is 0 Å². The number of aromatic nitrogens is 2. The van der Waals surface area contributed by atoms with E-state index in [0.717, 1.165) is 11.1 Å². The Hall–Kier alpha value is -2.66. The van der Waals surface area contributed by atoms with Gasteiger partial charge in [-0.3, -0.25) is 4.79 Å². The van der Waals surface area contributed by atoms with Crippen LogP contribution >= 0.6 is 11.6 Å². The Morgan fingerprint density at radius 1 is 1.13 bits per heavy atom. The van der Waals surface area contributed by atoms with Crippen molar-refractivity contribution < 1.29 is 9.32 Å². The number of aryl methyl sites for hydroxylation is 1. The highest BCUT2D eigenvalue weighted by molar-refractivity contribution is 6.30. The lowest BCUT2D eigenvalue weighted by molar-refractivity contribution is 0.0946. The molecule has 1 N–H and O–H groups in total. The molecule has 3 rings (SSSR count). The third-order valence-electron chi connectivity index (χ3n) is 3.28. The molecule has 0 saturated heterocycles. The molecule has 23 heavy (non-hydrogen) atoms. The summed E-state index contributed by atoms with van der Waals surface area (Å²) in [5.74, 6) is 0.618. The van der Waals surface area contributed by atoms with Crippen molar-refractivity contribution in [1.82, 2.24) is 15.5 Å². The topological polar surface area (TPSA) is 68.0 Å². The van der Waals surface area contributed by atoms with Gasteiger partial charge in [0, 0.05) is 16.1 Å². The average Bonchev–Trinajstić information content (AvgIpc) is 3.03. The molecule has 5 nitrogen and oxygen atoms in total. The van der Waals surface area contributed by atoms with E-state index >= 15 is 0 Å². The smallest absolute Gasteiger partial charge is 0.251 e. The summed E-state index contributed by atoms with van der Waals surface area (Å²) >= 11 is 5.85. The zero-order valence-corrected chi connectivity index (χ0v) is 13.2. The number of hydrogen-bond acceptors (Lipinski definition) is 4. The molecule has 116 valence electrons. The van der Waals surface area contributed by atoms with Crippen LogP contribution < -0.4 is 5.32 Å². The van der Waals surface area contributed by atoms with E-state index < -0.39 is 0 Å². The van der Waals surface area contributed by atoms with Gasteiger partial charge in [0.2, 0.25) is 11.7 Å². The Labute approximate surface area is 138 Å². The minimum Gasteiger partial charge on any atom is -0.343 e. The minimum absolute atomic E-state index is 0.174. The number of halogens is 1. The molecular weight excluding hydrogens is 314 g/mol. The van der Waals surface area contributed by atoms with E-state index in [0.29, 0.717) is 22.3 Å². The van der Waals surface area contributed by atoms with Crippen molar-refractivity contribution in [2.75, 3.05) is 0 Å². The summed E-state index contributed by atoms with van der Waals surface area (Å²) in [6.45, 7) is 2.14. The highest BCUT2D eigenvalue weighted by atomic mass is 35.5. The van der Waals surface area contributed by atoms with E-state index in [-0.39, 0.29) is 12.5 Å². The fraction of sp³-hybridized carbons (Fsp3) is 0.118. The van der Waals surface area contributed by atoms with Crippen LogP contribution in [0.25, 0.3) is 11.4 Å². The third-order valence-corrected chi connectivity index (χ3v) is 3.54. The van der Waals surface area contributed by atoms with Crippen molar-refractivity contribution in [1.29, 1.82) is 0 Å². The monoisotopic (exact) mass is 327 g/mol. The molecule has 0 saturated carbocycles. The first-order valence-electron chi connectivity index (χ1n) is 7.05. The van der Waals surface area contributed by atoms with Crippen molar-refractivity contribution in [3.05, 3.63) is 70.6 Å². The first kappa shape index (κ1) is 15.2. The molecule has 0 aliphatic carbocycles. The van der Waals surface area contributed by atoms with Crippen molar-refractivity contribution >= 4 is 17.5 Å². The van der Waals surface area contributed by atoms with Crippen LogP contribution in [0.5, 0.6) is 0 Å². The predicted octanol–water partition coefficient (Wildman–Crippen LogP) is 3.63. The number of benzene rings is 2. The van der Waals surface area contributed by atoms with E-state index in [1.165, 1.54) is 0 Å². The second-order valence-corrected chi connectivity index (χ2v) is 5.50. The summed E-state index contributed by atoms with van der Waals surface area (Å²) in [5, 5.41) is 7.29. The molecule has 0 aliphatic rings. The summed E-state index contributed by atoms with van der Waals surface area (Å²) in [5.41, 5.74) is 2.49. The van der Waals surface area contributed by atoms with Gasteiger partial charge in [0.15, 0.2) is 0 Å². The summed E-state index contributed by atoms with van der Waals surface area (Å²) in [6.07, 6.45) is 0. The molecule has 0 spiro atoms. The van der Waals surface area contributed by atoms with Gasteiger partial charge < -0.3 is 9.84 Å². The maximum atomic E-state index is 12.0. The Morgan fingerprint density at radius 2 is 1.83 bits per heavy atom. The van der Waals surface area contributed by atoms with Crippen LogP contribution in [0.2, 0.25) is 5.02 Å². The van der Waals surface area contributed by atoms with Gasteiger partial charge in [0.05, 0.1) is 6.54 Å². The molecule has 1 amide bonds. The van der Waals surface area contributed by atoms with Gasteiger partial charge in [0.1, 0.15) is 0 Å².